The Labute approximate surface area is 546 Å². The van der Waals surface area contributed by atoms with E-state index in [0.717, 1.165) is 62.7 Å². The number of carboxylic acids is 2. The minimum absolute atomic E-state index is 0.0372. The predicted octanol–water partition coefficient (Wildman–Crippen LogP) is 0.463. The van der Waals surface area contributed by atoms with Gasteiger partial charge in [0.05, 0.1) is 32.6 Å². The number of aliphatic hydroxyl groups excluding tert-OH is 2. The number of aliphatic carboxylic acids is 2. The van der Waals surface area contributed by atoms with Crippen molar-refractivity contribution in [3.05, 3.63) is 24.4 Å². The van der Waals surface area contributed by atoms with Crippen LogP contribution in [0.1, 0.15) is 191 Å². The number of hydrogen-bond donors (Lipinski definition) is 15. The van der Waals surface area contributed by atoms with Crippen LogP contribution < -0.4 is 58.9 Å². The number of hydrogen-bond acceptors (Lipinski definition) is 16. The van der Waals surface area contributed by atoms with Crippen LogP contribution in [-0.4, -0.2) is 189 Å². The molecule has 0 aromatic heterocycles. The molecular weight excluding hydrogens is 1210 g/mol. The number of unbranched alkanes of at least 4 members (excludes halogenated alkanes) is 10. The third-order valence-corrected chi connectivity index (χ3v) is 14.6. The van der Waals surface area contributed by atoms with Crippen LogP contribution in [0.25, 0.3) is 0 Å². The summed E-state index contributed by atoms with van der Waals surface area (Å²) in [6.45, 7) is 16.6. The number of primary amides is 1. The highest BCUT2D eigenvalue weighted by molar-refractivity contribution is 6.01. The molecule has 0 aliphatic carbocycles. The van der Waals surface area contributed by atoms with Gasteiger partial charge in [-0.25, -0.2) is 0 Å². The normalized spacial score (nSPS) is 14.2. The van der Waals surface area contributed by atoms with Crippen molar-refractivity contribution in [2.45, 2.75) is 245 Å². The quantitative estimate of drug-likeness (QED) is 0.0223. The van der Waals surface area contributed by atoms with E-state index in [0.29, 0.717) is 19.3 Å². The Morgan fingerprint density at radius 3 is 1.30 bits per heavy atom. The molecule has 0 rings (SSSR count). The molecule has 0 aliphatic rings. The number of nitrogens with one attached hydrogen (secondary N) is 10. The largest absolute Gasteiger partial charge is 0.481 e. The molecule has 0 saturated carbocycles. The molecule has 16 N–H and O–H groups in total. The summed E-state index contributed by atoms with van der Waals surface area (Å²) in [6, 6.07) is -14.1. The summed E-state index contributed by atoms with van der Waals surface area (Å²) >= 11 is 0. The maximum Gasteiger partial charge on any atom is 0.305 e. The Bertz CT molecular complexity index is 2510. The Morgan fingerprint density at radius 1 is 0.484 bits per heavy atom. The third-order valence-electron chi connectivity index (χ3n) is 14.6. The zero-order chi connectivity index (χ0) is 70.9. The lowest BCUT2D eigenvalue weighted by Crippen LogP contribution is -2.61. The summed E-state index contributed by atoms with van der Waals surface area (Å²) in [7, 11) is 1.22. The van der Waals surface area contributed by atoms with Crippen LogP contribution >= 0.6 is 0 Å². The molecule has 9 atom stereocenters. The van der Waals surface area contributed by atoms with Crippen LogP contribution in [0.4, 0.5) is 0 Å². The fourth-order valence-corrected chi connectivity index (χ4v) is 9.63. The average Bonchev–Trinajstić information content (AvgIpc) is 0.909. The van der Waals surface area contributed by atoms with Crippen LogP contribution in [0.3, 0.4) is 0 Å². The Hall–Kier alpha value is -8.02. The van der Waals surface area contributed by atoms with E-state index in [1.165, 1.54) is 26.1 Å². The van der Waals surface area contributed by atoms with E-state index >= 15 is 0 Å². The van der Waals surface area contributed by atoms with Gasteiger partial charge in [-0.1, -0.05) is 145 Å². The fourth-order valence-electron chi connectivity index (χ4n) is 9.63. The minimum Gasteiger partial charge on any atom is -0.481 e. The van der Waals surface area contributed by atoms with Gasteiger partial charge in [0.25, 0.3) is 5.91 Å². The number of aliphatic hydroxyl groups is 2. The molecule has 30 heteroatoms. The van der Waals surface area contributed by atoms with Crippen molar-refractivity contribution < 1.29 is 87.5 Å². The highest BCUT2D eigenvalue weighted by atomic mass is 16.4. The number of carboxylic acid groups (broad SMARTS) is 2. The van der Waals surface area contributed by atoms with Crippen molar-refractivity contribution in [2.24, 2.45) is 23.5 Å². The Morgan fingerprint density at radius 2 is 0.871 bits per heavy atom. The van der Waals surface area contributed by atoms with Crippen LogP contribution in [0, 0.1) is 17.8 Å². The first-order valence-corrected chi connectivity index (χ1v) is 32.3. The molecule has 0 bridgehead atoms. The van der Waals surface area contributed by atoms with E-state index in [1.54, 1.807) is 41.5 Å². The van der Waals surface area contributed by atoms with E-state index in [2.05, 4.69) is 66.7 Å². The van der Waals surface area contributed by atoms with E-state index in [4.69, 9.17) is 5.73 Å². The first-order chi connectivity index (χ1) is 43.8. The van der Waals surface area contributed by atoms with Crippen molar-refractivity contribution in [1.29, 1.82) is 0 Å². The molecule has 0 fully saturated rings. The molecule has 93 heavy (non-hydrogen) atoms. The molecular formula is C63H108N12O18. The first kappa shape index (κ1) is 85.0. The highest BCUT2D eigenvalue weighted by Crippen LogP contribution is 2.17. The molecule has 0 spiro atoms. The van der Waals surface area contributed by atoms with Crippen LogP contribution in [0.15, 0.2) is 24.4 Å². The van der Waals surface area contributed by atoms with Gasteiger partial charge >= 0.3 is 11.9 Å². The number of allylic oxidation sites excluding steroid dienone is 2. The molecule has 0 aliphatic heterocycles. The maximum atomic E-state index is 14.5. The average molecular weight is 1320 g/mol. The van der Waals surface area contributed by atoms with E-state index in [-0.39, 0.29) is 62.0 Å². The Kier molecular flexibility index (Phi) is 42.9. The predicted molar refractivity (Wildman–Crippen MR) is 344 cm³/mol. The van der Waals surface area contributed by atoms with E-state index < -0.39 is 170 Å². The lowest BCUT2D eigenvalue weighted by Gasteiger charge is -2.33. The molecule has 0 heterocycles. The number of carbonyl (C=O) groups excluding carboxylic acids is 12. The topological polar surface area (TPSA) is 469 Å². The number of likely N-dealkylation sites (N-methyl/N-ethyl adjacent to an activating group) is 1. The molecule has 0 aromatic rings. The summed E-state index contributed by atoms with van der Waals surface area (Å²) in [5.41, 5.74) is 5.08. The molecule has 0 radical (unpaired) electrons. The van der Waals surface area contributed by atoms with Gasteiger partial charge < -0.3 is 84.2 Å². The molecule has 12 amide bonds. The molecule has 0 aromatic carbocycles. The number of nitrogens with two attached hydrogens (primary N) is 1. The van der Waals surface area contributed by atoms with Crippen LogP contribution in [-0.2, 0) is 67.1 Å². The second kappa shape index (κ2) is 46.9. The van der Waals surface area contributed by atoms with Gasteiger partial charge in [-0.15, -0.1) is 6.58 Å². The van der Waals surface area contributed by atoms with Crippen molar-refractivity contribution in [2.75, 3.05) is 26.8 Å². The standard InChI is InChI=1S/C63H108N12O18/c1-12-15-18-20-22-24-27-41(66-40(10)78)56(86)73-49(36-77)61(91)70-45(30-38(6)7)58(88)74-48(35-76)60(90)69-43(26-17-14-3)63(93)75(11)50(31-39(8)9)62(92)72-47(33-53(82)83)59(89)68-42(28-25-23-21-19-16-13-2)57(87)71-46(32-52(80)81)55(85)65-34-51(79)67-44(54(64)84)29-37(4)5/h14,29,37-39,41-43,45-50,76-77H,3,12-13,15-28,30-36H2,1-2,4-11H3,(H2,64,84)(H,65,85)(H,66,78)(H,67,79)(H,68,89)(H,69,90)(H,70,91)(H,71,87)(H,72,92)(H,73,86)(H,74,88)(H,80,81)(H,82,83)/b44-29+/t41-,42+,43-,45?,46-,47-,48+,49+,50+/m0/s1. The highest BCUT2D eigenvalue weighted by Gasteiger charge is 2.38. The summed E-state index contributed by atoms with van der Waals surface area (Å²) in [5.74, 6) is -15.5. The van der Waals surface area contributed by atoms with Gasteiger partial charge in [0.15, 0.2) is 0 Å². The second-order valence-corrected chi connectivity index (χ2v) is 24.4. The zero-order valence-corrected chi connectivity index (χ0v) is 56.1. The molecule has 0 saturated heterocycles. The summed E-state index contributed by atoms with van der Waals surface area (Å²) in [4.78, 5) is 187. The molecule has 528 valence electrons. The van der Waals surface area contributed by atoms with Gasteiger partial charge in [-0.3, -0.25) is 67.1 Å². The van der Waals surface area contributed by atoms with Crippen LogP contribution in [0.5, 0.6) is 0 Å². The maximum absolute atomic E-state index is 14.5. The van der Waals surface area contributed by atoms with Crippen molar-refractivity contribution in [3.63, 3.8) is 0 Å². The van der Waals surface area contributed by atoms with Gasteiger partial charge in [-0.05, 0) is 56.3 Å². The fraction of sp³-hybridized carbons (Fsp3) is 0.714. The minimum atomic E-state index is -1.93. The number of rotatable bonds is 50. The monoisotopic (exact) mass is 1320 g/mol. The summed E-state index contributed by atoms with van der Waals surface area (Å²) in [5, 5.41) is 64.4. The number of amides is 12. The van der Waals surface area contributed by atoms with Crippen molar-refractivity contribution in [1.82, 2.24) is 58.1 Å². The second-order valence-electron chi connectivity index (χ2n) is 24.4. The zero-order valence-electron chi connectivity index (χ0n) is 56.1. The SMILES string of the molecule is C=CCC[C@H](NC(=O)[C@@H](CO)NC(=O)C(CC(C)C)NC(=O)[C@@H](CO)NC(=O)[C@H](CCCCCCCC)NC(C)=O)C(=O)N(C)[C@H](CC(C)C)C(=O)N[C@@H](CC(=O)O)C(=O)N[C@H](CCCCCCCC)C(=O)N[C@@H](CC(=O)O)C(=O)NCC(=O)N/C(=C/C(C)C)C(N)=O. The van der Waals surface area contributed by atoms with Crippen LogP contribution in [0.2, 0.25) is 0 Å². The summed E-state index contributed by atoms with van der Waals surface area (Å²) < 4.78 is 0. The number of nitrogens with zero attached hydrogens (tertiary/aromatic N) is 1. The van der Waals surface area contributed by atoms with E-state index in [1.807, 2.05) is 6.92 Å². The third kappa shape index (κ3) is 36.1. The molecule has 30 nitrogen and oxygen atoms in total. The lowest BCUT2D eigenvalue weighted by atomic mass is 9.99. The van der Waals surface area contributed by atoms with Crippen molar-refractivity contribution in [3.8, 4) is 0 Å². The van der Waals surface area contributed by atoms with E-state index in [9.17, 15) is 87.5 Å². The van der Waals surface area contributed by atoms with Gasteiger partial charge in [0, 0.05) is 14.0 Å². The van der Waals surface area contributed by atoms with Crippen molar-refractivity contribution >= 4 is 82.8 Å². The summed E-state index contributed by atoms with van der Waals surface area (Å²) in [6.07, 6.45) is 10.4. The van der Waals surface area contributed by atoms with Gasteiger partial charge in [0.2, 0.25) is 65.0 Å². The first-order valence-electron chi connectivity index (χ1n) is 32.3. The van der Waals surface area contributed by atoms with Gasteiger partial charge in [0.1, 0.15) is 60.1 Å². The molecule has 1 unspecified atom stereocenters. The Balaban J connectivity index is 6.83. The lowest BCUT2D eigenvalue weighted by molar-refractivity contribution is -0.145. The smallest absolute Gasteiger partial charge is 0.305 e. The number of carbonyl (C=O) groups is 14. The van der Waals surface area contributed by atoms with Gasteiger partial charge in [-0.2, -0.15) is 0 Å².